The molecule has 2 aromatic rings. The van der Waals surface area contributed by atoms with Gasteiger partial charge in [0.2, 0.25) is 0 Å². The van der Waals surface area contributed by atoms with Crippen LogP contribution in [0.3, 0.4) is 0 Å². The highest BCUT2D eigenvalue weighted by Gasteiger charge is 2.11. The van der Waals surface area contributed by atoms with Crippen molar-refractivity contribution in [3.8, 4) is 11.5 Å². The van der Waals surface area contributed by atoms with Crippen LogP contribution >= 0.6 is 0 Å². The van der Waals surface area contributed by atoms with Crippen molar-refractivity contribution in [1.82, 2.24) is 10.1 Å². The van der Waals surface area contributed by atoms with E-state index < -0.39 is 0 Å². The Balaban J connectivity index is 2.39. The van der Waals surface area contributed by atoms with E-state index in [4.69, 9.17) is 10.3 Å². The van der Waals surface area contributed by atoms with Crippen LogP contribution in [0.1, 0.15) is 24.7 Å². The van der Waals surface area contributed by atoms with Gasteiger partial charge in [-0.2, -0.15) is 4.98 Å². The number of nitrogens with two attached hydrogens (primary N) is 1. The van der Waals surface area contributed by atoms with Gasteiger partial charge in [-0.05, 0) is 31.0 Å². The lowest BCUT2D eigenvalue weighted by Crippen LogP contribution is -1.92. The molecule has 0 amide bonds. The second kappa shape index (κ2) is 4.35. The Morgan fingerprint density at radius 2 is 2.19 bits per heavy atom. The summed E-state index contributed by atoms with van der Waals surface area (Å²) < 4.78 is 5.22. The summed E-state index contributed by atoms with van der Waals surface area (Å²) in [5.74, 6) is 1.30. The molecular weight excluding hydrogens is 202 g/mol. The Kier molecular flexibility index (Phi) is 2.90. The van der Waals surface area contributed by atoms with E-state index in [0.29, 0.717) is 5.89 Å². The van der Waals surface area contributed by atoms with Crippen LogP contribution in [0.4, 0.5) is 5.69 Å². The van der Waals surface area contributed by atoms with Gasteiger partial charge in [-0.3, -0.25) is 0 Å². The van der Waals surface area contributed by atoms with Gasteiger partial charge < -0.3 is 10.3 Å². The van der Waals surface area contributed by atoms with Gasteiger partial charge in [-0.25, -0.2) is 0 Å². The maximum absolute atomic E-state index is 5.83. The topological polar surface area (TPSA) is 64.9 Å². The van der Waals surface area contributed by atoms with E-state index in [2.05, 4.69) is 17.1 Å². The largest absolute Gasteiger partial charge is 0.398 e. The van der Waals surface area contributed by atoms with E-state index in [0.717, 1.165) is 35.5 Å². The molecule has 4 heteroatoms. The fourth-order valence-corrected chi connectivity index (χ4v) is 1.57. The lowest BCUT2D eigenvalue weighted by atomic mass is 10.1. The Bertz CT molecular complexity index is 491. The molecular formula is C12H15N3O. The maximum atomic E-state index is 5.83. The quantitative estimate of drug-likeness (QED) is 0.802. The zero-order chi connectivity index (χ0) is 11.5. The van der Waals surface area contributed by atoms with Crippen molar-refractivity contribution in [2.75, 3.05) is 5.73 Å². The predicted molar refractivity (Wildman–Crippen MR) is 62.9 cm³/mol. The first-order chi connectivity index (χ1) is 7.72. The molecule has 84 valence electrons. The van der Waals surface area contributed by atoms with Crippen LogP contribution in [0.25, 0.3) is 11.5 Å². The van der Waals surface area contributed by atoms with Crippen LogP contribution in [0.15, 0.2) is 22.7 Å². The third-order valence-corrected chi connectivity index (χ3v) is 2.55. The van der Waals surface area contributed by atoms with Crippen molar-refractivity contribution in [1.29, 1.82) is 0 Å². The Hall–Kier alpha value is -1.84. The average Bonchev–Trinajstić information content (AvgIpc) is 2.71. The molecule has 4 nitrogen and oxygen atoms in total. The minimum Gasteiger partial charge on any atom is -0.398 e. The third-order valence-electron chi connectivity index (χ3n) is 2.55. The number of aromatic nitrogens is 2. The lowest BCUT2D eigenvalue weighted by molar-refractivity contribution is 0.422. The molecule has 0 atom stereocenters. The normalized spacial score (nSPS) is 10.6. The van der Waals surface area contributed by atoms with E-state index >= 15 is 0 Å². The number of nitrogen functional groups attached to an aromatic ring is 1. The Morgan fingerprint density at radius 1 is 1.38 bits per heavy atom. The van der Waals surface area contributed by atoms with Crippen LogP contribution < -0.4 is 5.73 Å². The molecule has 1 heterocycles. The molecule has 0 bridgehead atoms. The second-order valence-electron chi connectivity index (χ2n) is 3.79. The summed E-state index contributed by atoms with van der Waals surface area (Å²) in [5.41, 5.74) is 8.47. The molecule has 2 rings (SSSR count). The summed E-state index contributed by atoms with van der Waals surface area (Å²) >= 11 is 0. The fourth-order valence-electron chi connectivity index (χ4n) is 1.57. The molecule has 2 N–H and O–H groups in total. The third kappa shape index (κ3) is 1.91. The molecule has 16 heavy (non-hydrogen) atoms. The van der Waals surface area contributed by atoms with E-state index in [1.165, 1.54) is 0 Å². The summed E-state index contributed by atoms with van der Waals surface area (Å²) in [6.07, 6.45) is 1.85. The Labute approximate surface area is 94.5 Å². The molecule has 0 unspecified atom stereocenters. The van der Waals surface area contributed by atoms with Crippen molar-refractivity contribution < 1.29 is 4.52 Å². The molecule has 0 aliphatic rings. The highest BCUT2D eigenvalue weighted by molar-refractivity contribution is 5.66. The maximum Gasteiger partial charge on any atom is 0.258 e. The fraction of sp³-hybridized carbons (Fsp3) is 0.333. The average molecular weight is 217 g/mol. The molecule has 1 aromatic carbocycles. The molecule has 0 saturated carbocycles. The van der Waals surface area contributed by atoms with Crippen LogP contribution in [-0.4, -0.2) is 10.1 Å². The molecule has 0 aliphatic heterocycles. The number of anilines is 1. The van der Waals surface area contributed by atoms with Crippen LogP contribution in [0, 0.1) is 6.92 Å². The van der Waals surface area contributed by atoms with E-state index in [1.54, 1.807) is 0 Å². The number of hydrogen-bond acceptors (Lipinski definition) is 4. The number of rotatable bonds is 3. The molecule has 0 fully saturated rings. The van der Waals surface area contributed by atoms with Gasteiger partial charge in [0.1, 0.15) is 0 Å². The highest BCUT2D eigenvalue weighted by atomic mass is 16.5. The smallest absolute Gasteiger partial charge is 0.258 e. The Morgan fingerprint density at radius 3 is 2.94 bits per heavy atom. The van der Waals surface area contributed by atoms with E-state index in [9.17, 15) is 0 Å². The van der Waals surface area contributed by atoms with Crippen molar-refractivity contribution >= 4 is 5.69 Å². The first-order valence-corrected chi connectivity index (χ1v) is 5.40. The van der Waals surface area contributed by atoms with Gasteiger partial charge in [0.25, 0.3) is 5.89 Å². The summed E-state index contributed by atoms with van der Waals surface area (Å²) in [4.78, 5) is 4.34. The monoisotopic (exact) mass is 217 g/mol. The van der Waals surface area contributed by atoms with Gasteiger partial charge in [0.05, 0.1) is 0 Å². The van der Waals surface area contributed by atoms with Crippen molar-refractivity contribution in [3.05, 3.63) is 29.6 Å². The zero-order valence-corrected chi connectivity index (χ0v) is 9.53. The lowest BCUT2D eigenvalue weighted by Gasteiger charge is -2.02. The van der Waals surface area contributed by atoms with Gasteiger partial charge in [-0.15, -0.1) is 0 Å². The minimum absolute atomic E-state index is 0.549. The van der Waals surface area contributed by atoms with Crippen molar-refractivity contribution in [3.63, 3.8) is 0 Å². The van der Waals surface area contributed by atoms with Crippen LogP contribution in [0.2, 0.25) is 0 Å². The second-order valence-corrected chi connectivity index (χ2v) is 3.79. The number of hydrogen-bond donors (Lipinski definition) is 1. The summed E-state index contributed by atoms with van der Waals surface area (Å²) in [6.45, 7) is 4.04. The van der Waals surface area contributed by atoms with Crippen LogP contribution in [0.5, 0.6) is 0 Å². The first-order valence-electron chi connectivity index (χ1n) is 5.40. The zero-order valence-electron chi connectivity index (χ0n) is 9.53. The molecule has 0 saturated heterocycles. The molecule has 0 spiro atoms. The van der Waals surface area contributed by atoms with E-state index in [-0.39, 0.29) is 0 Å². The van der Waals surface area contributed by atoms with Crippen molar-refractivity contribution in [2.45, 2.75) is 26.7 Å². The summed E-state index contributed by atoms with van der Waals surface area (Å²) in [5, 5.41) is 3.93. The van der Waals surface area contributed by atoms with Gasteiger partial charge in [0.15, 0.2) is 5.82 Å². The molecule has 1 aromatic heterocycles. The highest BCUT2D eigenvalue weighted by Crippen LogP contribution is 2.25. The number of nitrogens with zero attached hydrogens (tertiary/aromatic N) is 2. The number of aryl methyl sites for hydroxylation is 1. The van der Waals surface area contributed by atoms with E-state index in [1.807, 2.05) is 25.1 Å². The van der Waals surface area contributed by atoms with Gasteiger partial charge in [0, 0.05) is 17.7 Å². The van der Waals surface area contributed by atoms with Gasteiger partial charge in [-0.1, -0.05) is 18.1 Å². The van der Waals surface area contributed by atoms with Crippen LogP contribution in [-0.2, 0) is 6.42 Å². The molecule has 0 aliphatic carbocycles. The minimum atomic E-state index is 0.549. The predicted octanol–water partition coefficient (Wildman–Crippen LogP) is 2.58. The first kappa shape index (κ1) is 10.7. The standard InChI is InChI=1S/C12H15N3O/c1-3-5-11-14-12(16-15-11)9-6-4-7-10(13)8(9)2/h4,6-7H,3,5,13H2,1-2H3. The number of benzene rings is 1. The summed E-state index contributed by atoms with van der Waals surface area (Å²) in [6, 6.07) is 5.69. The van der Waals surface area contributed by atoms with Crippen molar-refractivity contribution in [2.24, 2.45) is 0 Å². The SMILES string of the molecule is CCCc1noc(-c2cccc(N)c2C)n1. The van der Waals surface area contributed by atoms with Gasteiger partial charge >= 0.3 is 0 Å². The molecule has 0 radical (unpaired) electrons. The summed E-state index contributed by atoms with van der Waals surface area (Å²) in [7, 11) is 0.